The smallest absolute Gasteiger partial charge is 0.410 e. The van der Waals surface area contributed by atoms with Crippen molar-refractivity contribution in [3.8, 4) is 0 Å². The van der Waals surface area contributed by atoms with E-state index in [9.17, 15) is 13.2 Å². The van der Waals surface area contributed by atoms with Gasteiger partial charge in [-0.05, 0) is 26.0 Å². The van der Waals surface area contributed by atoms with Crippen LogP contribution in [-0.4, -0.2) is 25.9 Å². The summed E-state index contributed by atoms with van der Waals surface area (Å²) in [6.45, 7) is 0.375. The minimum atomic E-state index is -4.28. The lowest BCUT2D eigenvalue weighted by molar-refractivity contribution is -0.154. The van der Waals surface area contributed by atoms with Gasteiger partial charge < -0.3 is 10.1 Å². The summed E-state index contributed by atoms with van der Waals surface area (Å²) in [5, 5.41) is 2.19. The van der Waals surface area contributed by atoms with Crippen LogP contribution in [0.1, 0.15) is 12.8 Å². The molecule has 0 saturated carbocycles. The highest BCUT2D eigenvalue weighted by Crippen LogP contribution is 2.27. The summed E-state index contributed by atoms with van der Waals surface area (Å²) in [6.07, 6.45) is -1.34. The molecule has 1 heterocycles. The summed E-state index contributed by atoms with van der Waals surface area (Å²) in [5.74, 6) is 0.00116. The van der Waals surface area contributed by atoms with Crippen LogP contribution in [0.5, 0.6) is 0 Å². The summed E-state index contributed by atoms with van der Waals surface area (Å²) in [4.78, 5) is 0. The maximum atomic E-state index is 12.3. The topological polar surface area (TPSA) is 21.3 Å². The van der Waals surface area contributed by atoms with Crippen molar-refractivity contribution in [2.75, 3.05) is 13.7 Å². The zero-order valence-corrected chi connectivity index (χ0v) is 7.32. The molecule has 1 unspecified atom stereocenters. The summed E-state index contributed by atoms with van der Waals surface area (Å²) in [7, 11) is 1.27. The van der Waals surface area contributed by atoms with E-state index in [4.69, 9.17) is 4.74 Å². The van der Waals surface area contributed by atoms with Gasteiger partial charge >= 0.3 is 6.18 Å². The van der Waals surface area contributed by atoms with Crippen molar-refractivity contribution in [2.24, 2.45) is 0 Å². The first-order valence-corrected chi connectivity index (χ1v) is 4.12. The molecule has 2 nitrogen and oxygen atoms in total. The Kier molecular flexibility index (Phi) is 3.19. The molecule has 0 aromatic carbocycles. The lowest BCUT2D eigenvalue weighted by Gasteiger charge is -2.25. The Morgan fingerprint density at radius 2 is 2.23 bits per heavy atom. The Morgan fingerprint density at radius 3 is 2.62 bits per heavy atom. The number of halogens is 3. The van der Waals surface area contributed by atoms with E-state index in [1.807, 2.05) is 0 Å². The minimum absolute atomic E-state index is 0.00116. The Hall–Kier alpha value is -0.710. The first-order chi connectivity index (χ1) is 6.05. The number of likely N-dealkylation sites (N-methyl/N-ethyl adjacent to an activating group) is 1. The molecule has 0 fully saturated rings. The lowest BCUT2D eigenvalue weighted by Crippen LogP contribution is -2.42. The first-order valence-electron chi connectivity index (χ1n) is 4.12. The predicted molar refractivity (Wildman–Crippen MR) is 42.2 cm³/mol. The van der Waals surface area contributed by atoms with Crippen molar-refractivity contribution in [1.82, 2.24) is 5.32 Å². The number of ether oxygens (including phenoxy) is 1. The molecule has 0 aromatic rings. The molecule has 5 heteroatoms. The van der Waals surface area contributed by atoms with E-state index in [2.05, 4.69) is 5.32 Å². The third kappa shape index (κ3) is 2.62. The monoisotopic (exact) mass is 195 g/mol. The largest absolute Gasteiger partial charge is 0.496 e. The van der Waals surface area contributed by atoms with Gasteiger partial charge in [0.15, 0.2) is 6.04 Å². The van der Waals surface area contributed by atoms with Crippen LogP contribution in [0.4, 0.5) is 13.2 Å². The second kappa shape index (κ2) is 4.00. The molecule has 76 valence electrons. The summed E-state index contributed by atoms with van der Waals surface area (Å²) in [6, 6.07) is -1.66. The quantitative estimate of drug-likeness (QED) is 0.725. The van der Waals surface area contributed by atoms with Crippen LogP contribution < -0.4 is 5.32 Å². The van der Waals surface area contributed by atoms with Crippen molar-refractivity contribution in [3.63, 3.8) is 0 Å². The molecule has 0 saturated heterocycles. The Labute approximate surface area is 74.8 Å². The molecule has 0 aromatic heterocycles. The van der Waals surface area contributed by atoms with Crippen molar-refractivity contribution in [1.29, 1.82) is 0 Å². The molecule has 0 aliphatic carbocycles. The fraction of sp³-hybridized carbons (Fsp3) is 0.750. The Bertz CT molecular complexity index is 200. The van der Waals surface area contributed by atoms with Gasteiger partial charge in [-0.25, -0.2) is 0 Å². The third-order valence-electron chi connectivity index (χ3n) is 1.86. The van der Waals surface area contributed by atoms with Crippen LogP contribution in [0.25, 0.3) is 0 Å². The molecule has 1 aliphatic rings. The zero-order valence-electron chi connectivity index (χ0n) is 7.32. The van der Waals surface area contributed by atoms with E-state index >= 15 is 0 Å². The van der Waals surface area contributed by atoms with Crippen LogP contribution in [0.15, 0.2) is 11.8 Å². The number of hydrogen-bond acceptors (Lipinski definition) is 2. The summed E-state index contributed by atoms with van der Waals surface area (Å²) in [5.41, 5.74) is 0. The maximum absolute atomic E-state index is 12.3. The summed E-state index contributed by atoms with van der Waals surface area (Å²) >= 11 is 0. The fourth-order valence-electron chi connectivity index (χ4n) is 1.25. The van der Waals surface area contributed by atoms with E-state index in [1.165, 1.54) is 13.1 Å². The fourth-order valence-corrected chi connectivity index (χ4v) is 1.25. The Morgan fingerprint density at radius 1 is 1.54 bits per heavy atom. The SMILES string of the molecule is CNC(C1=CCCCO1)C(F)(F)F. The second-order valence-corrected chi connectivity index (χ2v) is 2.86. The van der Waals surface area contributed by atoms with Crippen LogP contribution in [0.3, 0.4) is 0 Å². The summed E-state index contributed by atoms with van der Waals surface area (Å²) < 4.78 is 41.9. The average Bonchev–Trinajstić information content (AvgIpc) is 2.05. The zero-order chi connectivity index (χ0) is 9.90. The van der Waals surface area contributed by atoms with Gasteiger partial charge in [0.2, 0.25) is 0 Å². The minimum Gasteiger partial charge on any atom is -0.496 e. The van der Waals surface area contributed by atoms with E-state index < -0.39 is 12.2 Å². The molecule has 0 radical (unpaired) electrons. The standard InChI is InChI=1S/C8H12F3NO/c1-12-7(8(9,10)11)6-4-2-3-5-13-6/h4,7,12H,2-3,5H2,1H3. The van der Waals surface area contributed by atoms with E-state index in [0.29, 0.717) is 13.0 Å². The molecule has 0 spiro atoms. The molecule has 1 rings (SSSR count). The van der Waals surface area contributed by atoms with Crippen LogP contribution in [0.2, 0.25) is 0 Å². The van der Waals surface area contributed by atoms with Crippen molar-refractivity contribution in [2.45, 2.75) is 25.1 Å². The highest BCUT2D eigenvalue weighted by molar-refractivity contribution is 5.08. The number of hydrogen-bond donors (Lipinski definition) is 1. The maximum Gasteiger partial charge on any atom is 0.410 e. The molecular formula is C8H12F3NO. The molecule has 1 atom stereocenters. The van der Waals surface area contributed by atoms with Gasteiger partial charge in [0, 0.05) is 0 Å². The van der Waals surface area contributed by atoms with Gasteiger partial charge in [0.1, 0.15) is 5.76 Å². The second-order valence-electron chi connectivity index (χ2n) is 2.86. The molecule has 0 amide bonds. The van der Waals surface area contributed by atoms with Gasteiger partial charge in [-0.2, -0.15) is 13.2 Å². The third-order valence-corrected chi connectivity index (χ3v) is 1.86. The highest BCUT2D eigenvalue weighted by atomic mass is 19.4. The number of allylic oxidation sites excluding steroid dienone is 1. The number of rotatable bonds is 2. The molecule has 1 N–H and O–H groups in total. The van der Waals surface area contributed by atoms with Crippen LogP contribution in [-0.2, 0) is 4.74 Å². The van der Waals surface area contributed by atoms with Crippen LogP contribution >= 0.6 is 0 Å². The Balaban J connectivity index is 2.70. The van der Waals surface area contributed by atoms with Gasteiger partial charge in [-0.3, -0.25) is 0 Å². The molecular weight excluding hydrogens is 183 g/mol. The van der Waals surface area contributed by atoms with E-state index in [0.717, 1.165) is 6.42 Å². The predicted octanol–water partition coefficient (Wildman–Crippen LogP) is 1.83. The highest BCUT2D eigenvalue weighted by Gasteiger charge is 2.42. The average molecular weight is 195 g/mol. The lowest BCUT2D eigenvalue weighted by atomic mass is 10.1. The van der Waals surface area contributed by atoms with E-state index in [1.54, 1.807) is 0 Å². The van der Waals surface area contributed by atoms with Crippen LogP contribution in [0, 0.1) is 0 Å². The van der Waals surface area contributed by atoms with Gasteiger partial charge in [-0.15, -0.1) is 0 Å². The van der Waals surface area contributed by atoms with E-state index in [-0.39, 0.29) is 5.76 Å². The van der Waals surface area contributed by atoms with Gasteiger partial charge in [0.05, 0.1) is 6.61 Å². The molecule has 13 heavy (non-hydrogen) atoms. The van der Waals surface area contributed by atoms with Crippen molar-refractivity contribution in [3.05, 3.63) is 11.8 Å². The first kappa shape index (κ1) is 10.4. The number of alkyl halides is 3. The van der Waals surface area contributed by atoms with Crippen molar-refractivity contribution < 1.29 is 17.9 Å². The van der Waals surface area contributed by atoms with Gasteiger partial charge in [-0.1, -0.05) is 0 Å². The normalized spacial score (nSPS) is 20.5. The van der Waals surface area contributed by atoms with Gasteiger partial charge in [0.25, 0.3) is 0 Å². The van der Waals surface area contributed by atoms with Crippen molar-refractivity contribution >= 4 is 0 Å². The molecule has 0 bridgehead atoms. The number of nitrogens with one attached hydrogen (secondary N) is 1. The molecule has 1 aliphatic heterocycles.